The second kappa shape index (κ2) is 6.87. The van der Waals surface area contributed by atoms with Gasteiger partial charge >= 0.3 is 0 Å². The summed E-state index contributed by atoms with van der Waals surface area (Å²) in [7, 11) is 0. The Morgan fingerprint density at radius 1 is 1.18 bits per heavy atom. The lowest BCUT2D eigenvalue weighted by Crippen LogP contribution is -2.33. The van der Waals surface area contributed by atoms with Gasteiger partial charge in [0.1, 0.15) is 0 Å². The molecule has 2 aromatic rings. The zero-order valence-corrected chi connectivity index (χ0v) is 13.3. The van der Waals surface area contributed by atoms with Gasteiger partial charge in [0, 0.05) is 56.0 Å². The summed E-state index contributed by atoms with van der Waals surface area (Å²) in [6.45, 7) is 7.27. The van der Waals surface area contributed by atoms with E-state index in [1.54, 1.807) is 0 Å². The predicted molar refractivity (Wildman–Crippen MR) is 86.7 cm³/mol. The lowest BCUT2D eigenvalue weighted by atomic mass is 10.1. The van der Waals surface area contributed by atoms with Crippen LogP contribution in [0.25, 0.3) is 0 Å². The number of hydrogen-bond donors (Lipinski definition) is 1. The molecule has 0 spiro atoms. The van der Waals surface area contributed by atoms with E-state index >= 15 is 0 Å². The lowest BCUT2D eigenvalue weighted by Gasteiger charge is -2.22. The first-order chi connectivity index (χ1) is 10.7. The number of anilines is 1. The number of nitrogens with zero attached hydrogens (tertiary/aromatic N) is 5. The molecule has 2 aromatic heterocycles. The molecule has 2 atom stereocenters. The van der Waals surface area contributed by atoms with Crippen LogP contribution in [-0.2, 0) is 6.54 Å². The van der Waals surface area contributed by atoms with E-state index in [0.717, 1.165) is 31.1 Å². The quantitative estimate of drug-likeness (QED) is 0.884. The average Bonchev–Trinajstić information content (AvgIpc) is 3.25. The van der Waals surface area contributed by atoms with Crippen LogP contribution in [0.15, 0.2) is 30.9 Å². The van der Waals surface area contributed by atoms with Gasteiger partial charge < -0.3 is 10.2 Å². The standard InChI is InChI=1S/C16H24N6/c1-13(14(2)22-9-5-6-20-22)17-10-15-11-18-16(19-12-15)21-7-3-4-8-21/h5-6,9,11-14,17H,3-4,7-8,10H2,1-2H3/t13-,14-/m0/s1. The van der Waals surface area contributed by atoms with Crippen LogP contribution in [-0.4, -0.2) is 38.9 Å². The van der Waals surface area contributed by atoms with E-state index in [1.807, 2.05) is 35.5 Å². The van der Waals surface area contributed by atoms with Crippen molar-refractivity contribution in [3.05, 3.63) is 36.4 Å². The largest absolute Gasteiger partial charge is 0.341 e. The van der Waals surface area contributed by atoms with Crippen LogP contribution in [0.4, 0.5) is 5.95 Å². The molecule has 1 aliphatic heterocycles. The van der Waals surface area contributed by atoms with Crippen LogP contribution in [0.3, 0.4) is 0 Å². The summed E-state index contributed by atoms with van der Waals surface area (Å²) in [6.07, 6.45) is 10.2. The molecule has 0 bridgehead atoms. The molecule has 1 aliphatic rings. The highest BCUT2D eigenvalue weighted by atomic mass is 15.3. The zero-order valence-electron chi connectivity index (χ0n) is 13.3. The van der Waals surface area contributed by atoms with Gasteiger partial charge in [-0.25, -0.2) is 9.97 Å². The van der Waals surface area contributed by atoms with Crippen molar-refractivity contribution in [1.29, 1.82) is 0 Å². The molecule has 6 heteroatoms. The van der Waals surface area contributed by atoms with Crippen molar-refractivity contribution >= 4 is 5.95 Å². The molecule has 22 heavy (non-hydrogen) atoms. The SMILES string of the molecule is C[C@H](NCc1cnc(N2CCCC2)nc1)[C@H](C)n1cccn1. The second-order valence-corrected chi connectivity index (χ2v) is 5.98. The first kappa shape index (κ1) is 15.0. The highest BCUT2D eigenvalue weighted by molar-refractivity contribution is 5.30. The van der Waals surface area contributed by atoms with Crippen molar-refractivity contribution in [2.75, 3.05) is 18.0 Å². The van der Waals surface area contributed by atoms with Gasteiger partial charge in [-0.3, -0.25) is 4.68 Å². The molecular weight excluding hydrogens is 276 g/mol. The molecule has 0 saturated carbocycles. The summed E-state index contributed by atoms with van der Waals surface area (Å²) in [4.78, 5) is 11.2. The minimum absolute atomic E-state index is 0.305. The average molecular weight is 300 g/mol. The molecule has 1 saturated heterocycles. The van der Waals surface area contributed by atoms with Gasteiger partial charge in [0.15, 0.2) is 0 Å². The van der Waals surface area contributed by atoms with E-state index in [4.69, 9.17) is 0 Å². The van der Waals surface area contributed by atoms with Gasteiger partial charge in [-0.2, -0.15) is 5.10 Å². The molecule has 0 unspecified atom stereocenters. The molecular formula is C16H24N6. The normalized spacial score (nSPS) is 17.6. The van der Waals surface area contributed by atoms with Gasteiger partial charge in [-0.05, 0) is 32.8 Å². The molecule has 1 fully saturated rings. The van der Waals surface area contributed by atoms with Crippen LogP contribution >= 0.6 is 0 Å². The fourth-order valence-corrected chi connectivity index (χ4v) is 2.72. The van der Waals surface area contributed by atoms with Crippen molar-refractivity contribution in [2.24, 2.45) is 0 Å². The minimum Gasteiger partial charge on any atom is -0.341 e. The van der Waals surface area contributed by atoms with E-state index in [0.29, 0.717) is 12.1 Å². The first-order valence-corrected chi connectivity index (χ1v) is 8.02. The Hall–Kier alpha value is -1.95. The van der Waals surface area contributed by atoms with Crippen molar-refractivity contribution in [1.82, 2.24) is 25.1 Å². The highest BCUT2D eigenvalue weighted by Crippen LogP contribution is 2.15. The first-order valence-electron chi connectivity index (χ1n) is 8.02. The molecule has 0 aromatic carbocycles. The maximum absolute atomic E-state index is 4.49. The fraction of sp³-hybridized carbons (Fsp3) is 0.562. The Morgan fingerprint density at radius 3 is 2.55 bits per heavy atom. The number of hydrogen-bond acceptors (Lipinski definition) is 5. The van der Waals surface area contributed by atoms with Crippen LogP contribution < -0.4 is 10.2 Å². The third-order valence-corrected chi connectivity index (χ3v) is 4.37. The van der Waals surface area contributed by atoms with Gasteiger partial charge in [0.05, 0.1) is 6.04 Å². The highest BCUT2D eigenvalue weighted by Gasteiger charge is 2.15. The Bertz CT molecular complexity index is 559. The predicted octanol–water partition coefficient (Wildman–Crippen LogP) is 2.01. The van der Waals surface area contributed by atoms with Crippen molar-refractivity contribution in [3.8, 4) is 0 Å². The van der Waals surface area contributed by atoms with Crippen molar-refractivity contribution < 1.29 is 0 Å². The minimum atomic E-state index is 0.305. The fourth-order valence-electron chi connectivity index (χ4n) is 2.72. The molecule has 0 aliphatic carbocycles. The Kier molecular flexibility index (Phi) is 4.68. The number of aromatic nitrogens is 4. The van der Waals surface area contributed by atoms with Gasteiger partial charge in [0.2, 0.25) is 5.95 Å². The van der Waals surface area contributed by atoms with E-state index in [-0.39, 0.29) is 0 Å². The summed E-state index contributed by atoms with van der Waals surface area (Å²) in [6, 6.07) is 2.58. The maximum Gasteiger partial charge on any atom is 0.225 e. The monoisotopic (exact) mass is 300 g/mol. The van der Waals surface area contributed by atoms with Gasteiger partial charge in [-0.1, -0.05) is 0 Å². The molecule has 1 N–H and O–H groups in total. The molecule has 0 radical (unpaired) electrons. The zero-order chi connectivity index (χ0) is 15.4. The van der Waals surface area contributed by atoms with E-state index in [1.165, 1.54) is 12.8 Å². The van der Waals surface area contributed by atoms with Crippen LogP contribution in [0, 0.1) is 0 Å². The summed E-state index contributed by atoms with van der Waals surface area (Å²) >= 11 is 0. The maximum atomic E-state index is 4.49. The lowest BCUT2D eigenvalue weighted by molar-refractivity contribution is 0.365. The van der Waals surface area contributed by atoms with Crippen LogP contribution in [0.2, 0.25) is 0 Å². The summed E-state index contributed by atoms with van der Waals surface area (Å²) in [5.41, 5.74) is 1.11. The van der Waals surface area contributed by atoms with Crippen LogP contribution in [0.5, 0.6) is 0 Å². The molecule has 3 rings (SSSR count). The van der Waals surface area contributed by atoms with E-state index < -0.39 is 0 Å². The summed E-state index contributed by atoms with van der Waals surface area (Å²) < 4.78 is 1.98. The smallest absolute Gasteiger partial charge is 0.225 e. The topological polar surface area (TPSA) is 58.9 Å². The molecule has 118 valence electrons. The number of rotatable bonds is 6. The summed E-state index contributed by atoms with van der Waals surface area (Å²) in [5, 5.41) is 7.82. The second-order valence-electron chi connectivity index (χ2n) is 5.98. The van der Waals surface area contributed by atoms with E-state index in [2.05, 4.69) is 39.1 Å². The van der Waals surface area contributed by atoms with Gasteiger partial charge in [-0.15, -0.1) is 0 Å². The van der Waals surface area contributed by atoms with Crippen LogP contribution in [0.1, 0.15) is 38.3 Å². The Morgan fingerprint density at radius 2 is 1.91 bits per heavy atom. The molecule has 6 nitrogen and oxygen atoms in total. The Balaban J connectivity index is 1.52. The Labute approximate surface area is 131 Å². The summed E-state index contributed by atoms with van der Waals surface area (Å²) in [5.74, 6) is 0.860. The number of nitrogens with one attached hydrogen (secondary N) is 1. The molecule has 3 heterocycles. The van der Waals surface area contributed by atoms with Gasteiger partial charge in [0.25, 0.3) is 0 Å². The van der Waals surface area contributed by atoms with E-state index in [9.17, 15) is 0 Å². The van der Waals surface area contributed by atoms with Crippen molar-refractivity contribution in [3.63, 3.8) is 0 Å². The molecule has 0 amide bonds. The third kappa shape index (κ3) is 3.44. The third-order valence-electron chi connectivity index (χ3n) is 4.37. The van der Waals surface area contributed by atoms with Crippen molar-refractivity contribution in [2.45, 2.75) is 45.3 Å².